The second-order valence-electron chi connectivity index (χ2n) is 0. The topological polar surface area (TPSA) is 856 Å². The molecule has 6 radical (unpaired) electrons. The average molecular weight is 1310 g/mol. The van der Waals surface area contributed by atoms with Crippen molar-refractivity contribution in [3.05, 3.63) is 237 Å². The van der Waals surface area contributed by atoms with E-state index in [4.69, 9.17) is 426 Å². The summed E-state index contributed by atoms with van der Waals surface area (Å²) < 4.78 is 0. The van der Waals surface area contributed by atoms with E-state index in [-0.39, 0.29) is 154 Å². The first-order chi connectivity index (χ1) is 36.0. The van der Waals surface area contributed by atoms with Gasteiger partial charge in [-0.1, -0.05) is 0 Å². The molecule has 0 aliphatic carbocycles. The van der Waals surface area contributed by atoms with Gasteiger partial charge in [0.05, 0.1) is 0 Å². The molecule has 0 aromatic rings. The summed E-state index contributed by atoms with van der Waals surface area (Å²) in [6.07, 6.45) is 0. The van der Waals surface area contributed by atoms with Crippen LogP contribution in [0.1, 0.15) is 0 Å². The van der Waals surface area contributed by atoms with Crippen LogP contribution in [0.2, 0.25) is 0 Å². The molecular formula is C36Fe6KN36-17. The second kappa shape index (κ2) is 1400. The van der Waals surface area contributed by atoms with Crippen molar-refractivity contribution < 1.29 is 154 Å². The summed E-state index contributed by atoms with van der Waals surface area (Å²) in [6.45, 7) is 171. The van der Waals surface area contributed by atoms with Gasteiger partial charge in [-0.25, -0.2) is 0 Å². The van der Waals surface area contributed by atoms with E-state index in [0.29, 0.717) is 0 Å². The summed E-state index contributed by atoms with van der Waals surface area (Å²) >= 11 is 0. The van der Waals surface area contributed by atoms with E-state index in [1.165, 1.54) is 0 Å². The number of nitrogens with zero attached hydrogens (tertiary/aromatic N) is 36. The molecule has 390 valence electrons. The standard InChI is InChI=1S/36CN.6Fe.K/c36*1-2;;;;;;;/q36*-1;6*+3;+1. The Morgan fingerprint density at radius 1 is 0.0633 bits per heavy atom. The molecule has 0 unspecified atom stereocenters. The molecule has 0 aliphatic heterocycles. The van der Waals surface area contributed by atoms with Gasteiger partial charge < -0.3 is 426 Å². The fraction of sp³-hybridized carbons (Fsp3) is 0. The molecule has 0 amide bonds. The average Bonchev–Trinajstić information content (AvgIpc) is 3.63. The SMILES string of the molecule is [C-]#N.[C-]#N.[C-]#N.[C-]#N.[C-]#N.[C-]#N.[C-]#N.[C-]#N.[C-]#N.[C-]#N.[C-]#N.[C-]#N.[C-]#N.[C-]#N.[C-]#N.[C-]#N.[C-]#N.[C-]#N.[C-]#N.[C-]#N.[C-]#N.[C-]#N.[C-]#N.[C-]#N.[C-]#N.[C-]#N.[C-]#N.[C-]#N.[C-]#N.[C-]#N.[C-]#N.[C-]#N.[C-]#N.[C-]#N.[C-]#N.[C-]#N.[Fe+3].[Fe+3].[Fe+3].[Fe+3].[Fe+3].[Fe+3].[K+]. The smallest absolute Gasteiger partial charge is 0.512 e. The predicted molar refractivity (Wildman–Crippen MR) is 179 cm³/mol. The Kier molecular flexibility index (Phi) is 9570. The van der Waals surface area contributed by atoms with Crippen LogP contribution in [0, 0.1) is 426 Å². The molecule has 79 heavy (non-hydrogen) atoms. The Balaban J connectivity index is -0.00000000411. The van der Waals surface area contributed by atoms with Crippen LogP contribution < -0.4 is 51.4 Å². The van der Waals surface area contributed by atoms with Gasteiger partial charge in [0.2, 0.25) is 0 Å². The first-order valence-corrected chi connectivity index (χ1v) is 8.05. The Morgan fingerprint density at radius 2 is 0.0633 bits per heavy atom. The van der Waals surface area contributed by atoms with Crippen molar-refractivity contribution in [3.8, 4) is 0 Å². The number of hydrogen-bond acceptors (Lipinski definition) is 36. The van der Waals surface area contributed by atoms with Crippen molar-refractivity contribution in [1.29, 1.82) is 189 Å². The maximum absolute atomic E-state index is 6.25. The van der Waals surface area contributed by atoms with Crippen molar-refractivity contribution in [2.45, 2.75) is 0 Å². The first-order valence-electron chi connectivity index (χ1n) is 8.05. The predicted octanol–water partition coefficient (Wildman–Crippen LogP) is 0.458. The Morgan fingerprint density at radius 3 is 0.0633 bits per heavy atom. The fourth-order valence-electron chi connectivity index (χ4n) is 0. The van der Waals surface area contributed by atoms with Gasteiger partial charge in [0.15, 0.2) is 0 Å². The van der Waals surface area contributed by atoms with Gasteiger partial charge >= 0.3 is 154 Å². The monoisotopic (exact) mass is 1310 g/mol. The maximum atomic E-state index is 6.25. The van der Waals surface area contributed by atoms with Crippen LogP contribution in [0.25, 0.3) is 0 Å². The molecule has 0 rings (SSSR count). The molecule has 0 heterocycles. The molecule has 0 saturated heterocycles. The zero-order chi connectivity index (χ0) is 72.0. The van der Waals surface area contributed by atoms with E-state index in [2.05, 4.69) is 0 Å². The van der Waals surface area contributed by atoms with Gasteiger partial charge in [-0.3, -0.25) is 0 Å². The Bertz CT molecular complexity index is 840. The summed E-state index contributed by atoms with van der Waals surface area (Å²) in [6, 6.07) is 0. The summed E-state index contributed by atoms with van der Waals surface area (Å²) in [4.78, 5) is 0. The van der Waals surface area contributed by atoms with E-state index in [1.54, 1.807) is 0 Å². The van der Waals surface area contributed by atoms with Crippen molar-refractivity contribution in [3.63, 3.8) is 0 Å². The molecule has 43 heteroatoms. The molecule has 0 saturated carbocycles. The summed E-state index contributed by atoms with van der Waals surface area (Å²) in [5, 5.41) is 225. The van der Waals surface area contributed by atoms with Crippen molar-refractivity contribution in [2.75, 3.05) is 0 Å². The quantitative estimate of drug-likeness (QED) is 0.235. The van der Waals surface area contributed by atoms with Gasteiger partial charge in [-0.15, -0.1) is 0 Å². The molecule has 0 fully saturated rings. The summed E-state index contributed by atoms with van der Waals surface area (Å²) in [5.74, 6) is 0. The van der Waals surface area contributed by atoms with Crippen molar-refractivity contribution >= 4 is 0 Å². The van der Waals surface area contributed by atoms with Crippen LogP contribution in [0.15, 0.2) is 0 Å². The van der Waals surface area contributed by atoms with E-state index < -0.39 is 0 Å². The van der Waals surface area contributed by atoms with Gasteiger partial charge in [0.25, 0.3) is 0 Å². The van der Waals surface area contributed by atoms with E-state index in [9.17, 15) is 0 Å². The minimum atomic E-state index is 0. The molecule has 0 bridgehead atoms. The summed E-state index contributed by atoms with van der Waals surface area (Å²) in [5.41, 5.74) is 0. The van der Waals surface area contributed by atoms with Crippen LogP contribution in [-0.4, -0.2) is 0 Å². The zero-order valence-corrected chi connectivity index (χ0v) is 47.0. The van der Waals surface area contributed by atoms with Gasteiger partial charge in [-0.2, -0.15) is 0 Å². The normalized spacial score (nSPS) is 0.911. The van der Waals surface area contributed by atoms with Crippen LogP contribution in [-0.2, 0) is 102 Å². The van der Waals surface area contributed by atoms with Crippen LogP contribution in [0.3, 0.4) is 0 Å². The molecule has 36 nitrogen and oxygen atoms in total. The van der Waals surface area contributed by atoms with Crippen LogP contribution >= 0.6 is 0 Å². The second-order valence-corrected chi connectivity index (χ2v) is 0. The number of hydrogen-bond donors (Lipinski definition) is 0. The zero-order valence-electron chi connectivity index (χ0n) is 37.2. The molecule has 0 atom stereocenters. The van der Waals surface area contributed by atoms with Gasteiger partial charge in [0.1, 0.15) is 0 Å². The third-order valence-electron chi connectivity index (χ3n) is 0. The fourth-order valence-corrected chi connectivity index (χ4v) is 0. The number of rotatable bonds is 0. The molecule has 0 aromatic heterocycles. The third kappa shape index (κ3) is 1350. The molecule has 0 spiro atoms. The molecular weight excluding hydrogens is 1310 g/mol. The minimum Gasteiger partial charge on any atom is -0.512 e. The molecule has 0 aliphatic rings. The first kappa shape index (κ1) is 541. The molecule has 0 N–H and O–H groups in total. The van der Waals surface area contributed by atoms with Gasteiger partial charge in [-0.05, 0) is 0 Å². The van der Waals surface area contributed by atoms with E-state index >= 15 is 0 Å². The minimum absolute atomic E-state index is 0. The van der Waals surface area contributed by atoms with Gasteiger partial charge in [0, 0.05) is 0 Å². The largest absolute Gasteiger partial charge is 3.00 e. The third-order valence-corrected chi connectivity index (χ3v) is 0. The van der Waals surface area contributed by atoms with Crippen LogP contribution in [0.4, 0.5) is 0 Å². The maximum Gasteiger partial charge on any atom is 3.00 e. The van der Waals surface area contributed by atoms with Crippen LogP contribution in [0.5, 0.6) is 0 Å². The van der Waals surface area contributed by atoms with Crippen molar-refractivity contribution in [1.82, 2.24) is 0 Å². The van der Waals surface area contributed by atoms with E-state index in [0.717, 1.165) is 0 Å². The Labute approximate surface area is 573 Å². The Hall–Kier alpha value is -13.6. The summed E-state index contributed by atoms with van der Waals surface area (Å²) in [7, 11) is 0. The molecule has 0 aromatic carbocycles. The van der Waals surface area contributed by atoms with E-state index in [1.807, 2.05) is 0 Å². The van der Waals surface area contributed by atoms with Crippen molar-refractivity contribution in [2.24, 2.45) is 0 Å².